The molecule has 32 heavy (non-hydrogen) atoms. The van der Waals surface area contributed by atoms with Crippen molar-refractivity contribution >= 4 is 46.2 Å². The topological polar surface area (TPSA) is 93.1 Å². The number of fused-ring (bicyclic) bond motifs is 1. The molecule has 1 aromatic heterocycles. The Balaban J connectivity index is 1.59. The van der Waals surface area contributed by atoms with Crippen LogP contribution in [-0.2, 0) is 4.79 Å². The van der Waals surface area contributed by atoms with E-state index in [0.717, 1.165) is 43.0 Å². The standard InChI is InChI=1S/C23H23ClN4O3S/c1-14-5-4-8-17(11-14)28-21(30)18-10-9-15(24)12-19(18)26-23(28)32-13-20(29)27-22(31)25-16-6-2-3-7-16/h4-5,8-12,16H,2-3,6-7,13H2,1H3,(H2,25,27,29,31). The lowest BCUT2D eigenvalue weighted by Gasteiger charge is -2.14. The minimum atomic E-state index is -0.489. The molecule has 0 unspecified atom stereocenters. The molecule has 166 valence electrons. The Bertz CT molecular complexity index is 1240. The van der Waals surface area contributed by atoms with Gasteiger partial charge in [0.1, 0.15) is 0 Å². The second-order valence-electron chi connectivity index (χ2n) is 7.83. The van der Waals surface area contributed by atoms with E-state index in [9.17, 15) is 14.4 Å². The third-order valence-electron chi connectivity index (χ3n) is 5.34. The molecule has 4 rings (SSSR count). The molecule has 2 N–H and O–H groups in total. The molecule has 1 aliphatic carbocycles. The first kappa shape index (κ1) is 22.4. The molecule has 0 aliphatic heterocycles. The lowest BCUT2D eigenvalue weighted by Crippen LogP contribution is -2.44. The molecule has 0 radical (unpaired) electrons. The fraction of sp³-hybridized carbons (Fsp3) is 0.304. The minimum Gasteiger partial charge on any atom is -0.335 e. The van der Waals surface area contributed by atoms with Crippen LogP contribution in [0.5, 0.6) is 0 Å². The van der Waals surface area contributed by atoms with Gasteiger partial charge in [-0.05, 0) is 55.7 Å². The number of halogens is 1. The first-order valence-corrected chi connectivity index (χ1v) is 11.8. The van der Waals surface area contributed by atoms with E-state index in [4.69, 9.17) is 11.6 Å². The van der Waals surface area contributed by atoms with Crippen LogP contribution in [0.3, 0.4) is 0 Å². The molecule has 1 fully saturated rings. The van der Waals surface area contributed by atoms with Crippen molar-refractivity contribution < 1.29 is 9.59 Å². The number of carbonyl (C=O) groups is 2. The number of hydrogen-bond acceptors (Lipinski definition) is 5. The summed E-state index contributed by atoms with van der Waals surface area (Å²) in [4.78, 5) is 42.3. The van der Waals surface area contributed by atoms with Gasteiger partial charge in [-0.1, -0.05) is 48.3 Å². The average Bonchev–Trinajstić information content (AvgIpc) is 3.24. The number of thioether (sulfide) groups is 1. The van der Waals surface area contributed by atoms with Crippen molar-refractivity contribution in [3.8, 4) is 5.69 Å². The molecule has 7 nitrogen and oxygen atoms in total. The Kier molecular flexibility index (Phi) is 6.81. The predicted octanol–water partition coefficient (Wildman–Crippen LogP) is 4.21. The Morgan fingerprint density at radius 3 is 2.72 bits per heavy atom. The lowest BCUT2D eigenvalue weighted by molar-refractivity contribution is -0.117. The van der Waals surface area contributed by atoms with Gasteiger partial charge in [0.25, 0.3) is 5.56 Å². The summed E-state index contributed by atoms with van der Waals surface area (Å²) in [6, 6.07) is 12.0. The molecule has 1 aliphatic rings. The number of benzene rings is 2. The molecule has 1 saturated carbocycles. The van der Waals surface area contributed by atoms with Gasteiger partial charge >= 0.3 is 6.03 Å². The summed E-state index contributed by atoms with van der Waals surface area (Å²) in [6.07, 6.45) is 4.04. The number of nitrogens with one attached hydrogen (secondary N) is 2. The zero-order valence-electron chi connectivity index (χ0n) is 17.6. The number of aromatic nitrogens is 2. The molecular weight excluding hydrogens is 448 g/mol. The quantitative estimate of drug-likeness (QED) is 0.430. The monoisotopic (exact) mass is 470 g/mol. The normalized spacial score (nSPS) is 13.9. The van der Waals surface area contributed by atoms with Gasteiger partial charge in [-0.3, -0.25) is 19.5 Å². The second-order valence-corrected chi connectivity index (χ2v) is 9.21. The molecular formula is C23H23ClN4O3S. The SMILES string of the molecule is Cc1cccc(-n2c(SCC(=O)NC(=O)NC3CCCC3)nc3cc(Cl)ccc3c2=O)c1. The van der Waals surface area contributed by atoms with E-state index in [1.807, 2.05) is 31.2 Å². The summed E-state index contributed by atoms with van der Waals surface area (Å²) < 4.78 is 1.49. The van der Waals surface area contributed by atoms with Crippen LogP contribution in [0.15, 0.2) is 52.4 Å². The van der Waals surface area contributed by atoms with Gasteiger partial charge in [0.05, 0.1) is 22.3 Å². The third kappa shape index (κ3) is 5.14. The number of amides is 3. The van der Waals surface area contributed by atoms with E-state index in [1.165, 1.54) is 4.57 Å². The Hall–Kier alpha value is -2.84. The van der Waals surface area contributed by atoms with Crippen LogP contribution in [0, 0.1) is 6.92 Å². The molecule has 3 amide bonds. The van der Waals surface area contributed by atoms with Crippen molar-refractivity contribution in [1.82, 2.24) is 20.2 Å². The number of urea groups is 1. The summed E-state index contributed by atoms with van der Waals surface area (Å²) in [6.45, 7) is 1.94. The second kappa shape index (κ2) is 9.75. The van der Waals surface area contributed by atoms with Crippen LogP contribution in [0.4, 0.5) is 4.79 Å². The maximum absolute atomic E-state index is 13.3. The van der Waals surface area contributed by atoms with Crippen molar-refractivity contribution in [3.63, 3.8) is 0 Å². The fourth-order valence-electron chi connectivity index (χ4n) is 3.81. The van der Waals surface area contributed by atoms with Crippen molar-refractivity contribution in [2.45, 2.75) is 43.8 Å². The molecule has 9 heteroatoms. The fourth-order valence-corrected chi connectivity index (χ4v) is 4.79. The van der Waals surface area contributed by atoms with E-state index in [0.29, 0.717) is 26.8 Å². The van der Waals surface area contributed by atoms with E-state index in [2.05, 4.69) is 15.6 Å². The molecule has 1 heterocycles. The van der Waals surface area contributed by atoms with Gasteiger partial charge in [0.2, 0.25) is 5.91 Å². The average molecular weight is 471 g/mol. The van der Waals surface area contributed by atoms with Crippen molar-refractivity contribution in [3.05, 3.63) is 63.4 Å². The van der Waals surface area contributed by atoms with Crippen molar-refractivity contribution in [1.29, 1.82) is 0 Å². The van der Waals surface area contributed by atoms with E-state index in [1.54, 1.807) is 18.2 Å². The van der Waals surface area contributed by atoms with E-state index < -0.39 is 11.9 Å². The van der Waals surface area contributed by atoms with Crippen LogP contribution in [-0.4, -0.2) is 33.3 Å². The minimum absolute atomic E-state index is 0.0670. The van der Waals surface area contributed by atoms with Crippen LogP contribution >= 0.6 is 23.4 Å². The molecule has 0 saturated heterocycles. The third-order valence-corrected chi connectivity index (χ3v) is 6.51. The lowest BCUT2D eigenvalue weighted by atomic mass is 10.2. The van der Waals surface area contributed by atoms with E-state index >= 15 is 0 Å². The number of rotatable bonds is 5. The number of nitrogens with zero attached hydrogens (tertiary/aromatic N) is 2. The Morgan fingerprint density at radius 2 is 1.97 bits per heavy atom. The largest absolute Gasteiger partial charge is 0.335 e. The molecule has 0 spiro atoms. The van der Waals surface area contributed by atoms with Crippen LogP contribution in [0.1, 0.15) is 31.2 Å². The number of imide groups is 1. The highest BCUT2D eigenvalue weighted by molar-refractivity contribution is 7.99. The van der Waals surface area contributed by atoms with Crippen LogP contribution in [0.2, 0.25) is 5.02 Å². The highest BCUT2D eigenvalue weighted by Crippen LogP contribution is 2.23. The van der Waals surface area contributed by atoms with Gasteiger partial charge in [-0.2, -0.15) is 0 Å². The molecule has 0 atom stereocenters. The maximum atomic E-state index is 13.3. The Labute approximate surface area is 194 Å². The van der Waals surface area contributed by atoms with Crippen molar-refractivity contribution in [2.24, 2.45) is 0 Å². The maximum Gasteiger partial charge on any atom is 0.321 e. The summed E-state index contributed by atoms with van der Waals surface area (Å²) in [5.41, 5.74) is 1.84. The van der Waals surface area contributed by atoms with E-state index in [-0.39, 0.29) is 17.4 Å². The number of hydrogen-bond donors (Lipinski definition) is 2. The van der Waals surface area contributed by atoms with Gasteiger partial charge in [-0.25, -0.2) is 9.78 Å². The smallest absolute Gasteiger partial charge is 0.321 e. The highest BCUT2D eigenvalue weighted by atomic mass is 35.5. The summed E-state index contributed by atoms with van der Waals surface area (Å²) >= 11 is 7.18. The van der Waals surface area contributed by atoms with Crippen LogP contribution in [0.25, 0.3) is 16.6 Å². The van der Waals surface area contributed by atoms with Gasteiger partial charge in [0, 0.05) is 11.1 Å². The number of aryl methyl sites for hydroxylation is 1. The molecule has 3 aromatic rings. The first-order chi connectivity index (χ1) is 15.4. The van der Waals surface area contributed by atoms with Gasteiger partial charge in [-0.15, -0.1) is 0 Å². The molecule has 0 bridgehead atoms. The summed E-state index contributed by atoms with van der Waals surface area (Å²) in [5, 5.41) is 6.43. The van der Waals surface area contributed by atoms with Crippen LogP contribution < -0.4 is 16.2 Å². The summed E-state index contributed by atoms with van der Waals surface area (Å²) in [5.74, 6) is -0.524. The zero-order chi connectivity index (χ0) is 22.7. The highest BCUT2D eigenvalue weighted by Gasteiger charge is 2.19. The Morgan fingerprint density at radius 1 is 1.19 bits per heavy atom. The van der Waals surface area contributed by atoms with Crippen molar-refractivity contribution in [2.75, 3.05) is 5.75 Å². The summed E-state index contributed by atoms with van der Waals surface area (Å²) in [7, 11) is 0. The zero-order valence-corrected chi connectivity index (χ0v) is 19.1. The predicted molar refractivity (Wildman–Crippen MR) is 127 cm³/mol. The number of carbonyl (C=O) groups excluding carboxylic acids is 2. The molecule has 2 aromatic carbocycles. The van der Waals surface area contributed by atoms with Gasteiger partial charge in [0.15, 0.2) is 5.16 Å². The van der Waals surface area contributed by atoms with Gasteiger partial charge < -0.3 is 5.32 Å². The first-order valence-electron chi connectivity index (χ1n) is 10.4.